The Morgan fingerprint density at radius 3 is 2.81 bits per heavy atom. The molecule has 90 valence electrons. The zero-order valence-electron chi connectivity index (χ0n) is 9.68. The molecular formula is C10H18N4O2. The van der Waals surface area contributed by atoms with Gasteiger partial charge in [-0.3, -0.25) is 4.90 Å². The Bertz CT molecular complexity index is 341. The molecule has 2 heterocycles. The molecule has 0 spiro atoms. The maximum absolute atomic E-state index is 9.80. The van der Waals surface area contributed by atoms with Crippen LogP contribution in [0.4, 0.5) is 0 Å². The maximum atomic E-state index is 9.80. The zero-order valence-corrected chi connectivity index (χ0v) is 9.68. The molecule has 1 unspecified atom stereocenters. The van der Waals surface area contributed by atoms with E-state index in [-0.39, 0.29) is 12.1 Å². The summed E-state index contributed by atoms with van der Waals surface area (Å²) >= 11 is 0. The molecule has 6 nitrogen and oxygen atoms in total. The summed E-state index contributed by atoms with van der Waals surface area (Å²) in [6, 6.07) is 0.136. The molecule has 2 rings (SSSR count). The van der Waals surface area contributed by atoms with Crippen LogP contribution in [0.25, 0.3) is 0 Å². The summed E-state index contributed by atoms with van der Waals surface area (Å²) in [6.07, 6.45) is -0.316. The van der Waals surface area contributed by atoms with Gasteiger partial charge in [-0.15, -0.1) is 10.2 Å². The number of aryl methyl sites for hydroxylation is 1. The lowest BCUT2D eigenvalue weighted by Crippen LogP contribution is -2.42. The lowest BCUT2D eigenvalue weighted by molar-refractivity contribution is 0.0761. The average Bonchev–Trinajstić information content (AvgIpc) is 2.84. The molecule has 0 aliphatic carbocycles. The first-order valence-corrected chi connectivity index (χ1v) is 5.62. The van der Waals surface area contributed by atoms with Gasteiger partial charge in [0, 0.05) is 26.1 Å². The third kappa shape index (κ3) is 2.40. The molecule has 0 aromatic carbocycles. The van der Waals surface area contributed by atoms with Crippen molar-refractivity contribution in [2.24, 2.45) is 0 Å². The predicted octanol–water partition coefficient (Wildman–Crippen LogP) is -0.467. The van der Waals surface area contributed by atoms with Crippen molar-refractivity contribution in [1.82, 2.24) is 20.4 Å². The first-order valence-electron chi connectivity index (χ1n) is 5.62. The zero-order chi connectivity index (χ0) is 11.5. The van der Waals surface area contributed by atoms with Gasteiger partial charge in [-0.2, -0.15) is 0 Å². The molecule has 2 N–H and O–H groups in total. The van der Waals surface area contributed by atoms with Gasteiger partial charge in [0.15, 0.2) is 0 Å². The van der Waals surface area contributed by atoms with Crippen molar-refractivity contribution in [2.75, 3.05) is 19.6 Å². The monoisotopic (exact) mass is 226 g/mol. The minimum absolute atomic E-state index is 0.136. The van der Waals surface area contributed by atoms with Crippen LogP contribution in [0.5, 0.6) is 0 Å². The third-order valence-corrected chi connectivity index (χ3v) is 2.93. The Morgan fingerprint density at radius 1 is 1.50 bits per heavy atom. The van der Waals surface area contributed by atoms with Crippen LogP contribution in [-0.2, 0) is 6.54 Å². The summed E-state index contributed by atoms with van der Waals surface area (Å²) in [5, 5.41) is 20.7. The van der Waals surface area contributed by atoms with Gasteiger partial charge >= 0.3 is 0 Å². The van der Waals surface area contributed by atoms with Gasteiger partial charge in [0.05, 0.1) is 12.6 Å². The maximum Gasteiger partial charge on any atom is 0.230 e. The summed E-state index contributed by atoms with van der Waals surface area (Å²) in [7, 11) is 0. The van der Waals surface area contributed by atoms with E-state index >= 15 is 0 Å². The lowest BCUT2D eigenvalue weighted by atomic mass is 10.2. The molecule has 1 aliphatic rings. The van der Waals surface area contributed by atoms with Crippen molar-refractivity contribution in [3.63, 3.8) is 0 Å². The van der Waals surface area contributed by atoms with E-state index in [1.165, 1.54) is 0 Å². The fourth-order valence-corrected chi connectivity index (χ4v) is 2.06. The summed E-state index contributed by atoms with van der Waals surface area (Å²) in [5.74, 6) is 1.19. The molecule has 6 heteroatoms. The third-order valence-electron chi connectivity index (χ3n) is 2.93. The molecule has 1 aromatic heterocycles. The first-order chi connectivity index (χ1) is 7.70. The number of hydrogen-bond donors (Lipinski definition) is 2. The minimum atomic E-state index is -0.316. The second-order valence-corrected chi connectivity index (χ2v) is 4.07. The predicted molar refractivity (Wildman–Crippen MR) is 57.8 cm³/mol. The van der Waals surface area contributed by atoms with E-state index in [2.05, 4.69) is 27.3 Å². The van der Waals surface area contributed by atoms with Gasteiger partial charge in [0.1, 0.15) is 0 Å². The molecule has 1 aromatic rings. The highest BCUT2D eigenvalue weighted by atomic mass is 16.4. The first kappa shape index (κ1) is 11.5. The normalized spacial score (nSPS) is 25.5. The van der Waals surface area contributed by atoms with Crippen LogP contribution in [-0.4, -0.2) is 52.0 Å². The Hall–Kier alpha value is -0.980. The summed E-state index contributed by atoms with van der Waals surface area (Å²) < 4.78 is 5.34. The summed E-state index contributed by atoms with van der Waals surface area (Å²) in [6.45, 7) is 6.75. The van der Waals surface area contributed by atoms with Crippen LogP contribution in [0.15, 0.2) is 4.42 Å². The number of nitrogens with one attached hydrogen (secondary N) is 1. The molecular weight excluding hydrogens is 208 g/mol. The van der Waals surface area contributed by atoms with Crippen LogP contribution in [0.3, 0.4) is 0 Å². The topological polar surface area (TPSA) is 74.4 Å². The molecule has 16 heavy (non-hydrogen) atoms. The van der Waals surface area contributed by atoms with Gasteiger partial charge in [-0.1, -0.05) is 6.92 Å². The number of β-amino-alcohol motifs (C(OH)–C–C–N with tert-alkyl or cyclic N) is 1. The average molecular weight is 226 g/mol. The lowest BCUT2D eigenvalue weighted by Gasteiger charge is -2.27. The van der Waals surface area contributed by atoms with Crippen LogP contribution in [0, 0.1) is 6.92 Å². The molecule has 1 aliphatic heterocycles. The minimum Gasteiger partial charge on any atom is -0.424 e. The van der Waals surface area contributed by atoms with Crippen molar-refractivity contribution in [3.05, 3.63) is 11.8 Å². The van der Waals surface area contributed by atoms with Crippen molar-refractivity contribution >= 4 is 0 Å². The second kappa shape index (κ2) is 4.90. The van der Waals surface area contributed by atoms with E-state index < -0.39 is 0 Å². The van der Waals surface area contributed by atoms with E-state index in [1.54, 1.807) is 6.92 Å². The molecule has 0 radical (unpaired) electrons. The number of rotatable bonds is 4. The Kier molecular flexibility index (Phi) is 3.52. The van der Waals surface area contributed by atoms with Crippen LogP contribution in [0.2, 0.25) is 0 Å². The van der Waals surface area contributed by atoms with Crippen molar-refractivity contribution in [3.8, 4) is 0 Å². The molecule has 0 saturated carbocycles. The number of likely N-dealkylation sites (N-methyl/N-ethyl adjacent to an activating group) is 1. The summed E-state index contributed by atoms with van der Waals surface area (Å²) in [4.78, 5) is 2.15. The molecule has 1 saturated heterocycles. The van der Waals surface area contributed by atoms with Crippen molar-refractivity contribution in [2.45, 2.75) is 32.5 Å². The van der Waals surface area contributed by atoms with Crippen LogP contribution in [0.1, 0.15) is 18.7 Å². The van der Waals surface area contributed by atoms with Crippen molar-refractivity contribution < 1.29 is 9.52 Å². The molecule has 0 bridgehead atoms. The molecule has 0 amide bonds. The Labute approximate surface area is 94.7 Å². The van der Waals surface area contributed by atoms with E-state index in [4.69, 9.17) is 4.42 Å². The van der Waals surface area contributed by atoms with Crippen LogP contribution < -0.4 is 5.32 Å². The highest BCUT2D eigenvalue weighted by Crippen LogP contribution is 2.12. The quantitative estimate of drug-likeness (QED) is 0.723. The highest BCUT2D eigenvalue weighted by molar-refractivity contribution is 4.90. The SMILES string of the molecule is CCN(Cc1nnc(C)o1)C1CNC[C@H]1O. The number of aromatic nitrogens is 2. The number of nitrogens with zero attached hydrogens (tertiary/aromatic N) is 3. The number of aliphatic hydroxyl groups is 1. The smallest absolute Gasteiger partial charge is 0.230 e. The highest BCUT2D eigenvalue weighted by Gasteiger charge is 2.30. The largest absolute Gasteiger partial charge is 0.424 e. The molecule has 1 fully saturated rings. The van der Waals surface area contributed by atoms with E-state index in [9.17, 15) is 5.11 Å². The van der Waals surface area contributed by atoms with Gasteiger partial charge in [0.25, 0.3) is 0 Å². The molecule has 2 atom stereocenters. The number of hydrogen-bond acceptors (Lipinski definition) is 6. The van der Waals surface area contributed by atoms with Crippen LogP contribution >= 0.6 is 0 Å². The fraction of sp³-hybridized carbons (Fsp3) is 0.800. The summed E-state index contributed by atoms with van der Waals surface area (Å²) in [5.41, 5.74) is 0. The van der Waals surface area contributed by atoms with Gasteiger partial charge in [0.2, 0.25) is 11.8 Å². The van der Waals surface area contributed by atoms with Gasteiger partial charge < -0.3 is 14.8 Å². The van der Waals surface area contributed by atoms with E-state index in [1.807, 2.05) is 0 Å². The van der Waals surface area contributed by atoms with Gasteiger partial charge in [-0.05, 0) is 6.54 Å². The Morgan fingerprint density at radius 2 is 2.31 bits per heavy atom. The Balaban J connectivity index is 2.00. The fourth-order valence-electron chi connectivity index (χ4n) is 2.06. The second-order valence-electron chi connectivity index (χ2n) is 4.07. The van der Waals surface area contributed by atoms with E-state index in [0.717, 1.165) is 13.1 Å². The van der Waals surface area contributed by atoms with Gasteiger partial charge in [-0.25, -0.2) is 0 Å². The van der Waals surface area contributed by atoms with E-state index in [0.29, 0.717) is 24.9 Å². The van der Waals surface area contributed by atoms with Crippen molar-refractivity contribution in [1.29, 1.82) is 0 Å². The standard InChI is InChI=1S/C10H18N4O2/c1-3-14(8-4-11-5-9(8)15)6-10-13-12-7(2)16-10/h8-9,11,15H,3-6H2,1-2H3/t8?,9-/m1/s1. The number of aliphatic hydroxyl groups excluding tert-OH is 1.